The minimum atomic E-state index is -0.339. The molecule has 34 heavy (non-hydrogen) atoms. The summed E-state index contributed by atoms with van der Waals surface area (Å²) in [4.78, 5) is 18.5. The second kappa shape index (κ2) is 9.53. The van der Waals surface area contributed by atoms with Crippen LogP contribution in [0.2, 0.25) is 0 Å². The molecule has 5 aromatic rings. The number of halogens is 1. The van der Waals surface area contributed by atoms with Crippen LogP contribution in [-0.2, 0) is 5.75 Å². The van der Waals surface area contributed by atoms with E-state index in [9.17, 15) is 9.18 Å². The number of pyridine rings is 2. The highest BCUT2D eigenvalue weighted by Gasteiger charge is 2.14. The van der Waals surface area contributed by atoms with Crippen LogP contribution in [0.1, 0.15) is 5.56 Å². The standard InChI is InChI=1S/C28H21FN2O2S/c1-33-27-16-24(20-8-5-9-22(29)14-20)30-17-26(27)31-25-12-11-23(15-21(25)10-13-28(31)32)34-18-19-6-3-2-4-7-19/h2-17H,18H2,1H3. The molecule has 2 heterocycles. The lowest BCUT2D eigenvalue weighted by Gasteiger charge is -2.15. The summed E-state index contributed by atoms with van der Waals surface area (Å²) in [5.41, 5.74) is 3.56. The number of hydrogen-bond acceptors (Lipinski definition) is 4. The number of fused-ring (bicyclic) bond motifs is 1. The van der Waals surface area contributed by atoms with Crippen molar-refractivity contribution in [3.63, 3.8) is 0 Å². The summed E-state index contributed by atoms with van der Waals surface area (Å²) >= 11 is 1.75. The first-order chi connectivity index (χ1) is 16.6. The number of aromatic nitrogens is 2. The number of benzene rings is 3. The second-order valence-electron chi connectivity index (χ2n) is 7.75. The average Bonchev–Trinajstić information content (AvgIpc) is 2.88. The van der Waals surface area contributed by atoms with Crippen molar-refractivity contribution in [3.8, 4) is 22.7 Å². The molecular formula is C28H21FN2O2S. The van der Waals surface area contributed by atoms with Gasteiger partial charge in [-0.15, -0.1) is 11.8 Å². The lowest BCUT2D eigenvalue weighted by molar-refractivity contribution is 0.412. The number of thioether (sulfide) groups is 1. The molecule has 0 amide bonds. The zero-order chi connectivity index (χ0) is 23.5. The van der Waals surface area contributed by atoms with Gasteiger partial charge < -0.3 is 4.74 Å². The molecule has 168 valence electrons. The molecule has 0 spiro atoms. The van der Waals surface area contributed by atoms with E-state index in [4.69, 9.17) is 4.74 Å². The van der Waals surface area contributed by atoms with E-state index >= 15 is 0 Å². The number of ether oxygens (including phenoxy) is 1. The van der Waals surface area contributed by atoms with Crippen LogP contribution in [0.4, 0.5) is 4.39 Å². The van der Waals surface area contributed by atoms with Gasteiger partial charge >= 0.3 is 0 Å². The molecule has 0 fully saturated rings. The van der Waals surface area contributed by atoms with Crippen LogP contribution in [0.25, 0.3) is 27.8 Å². The molecule has 0 saturated carbocycles. The van der Waals surface area contributed by atoms with E-state index in [0.29, 0.717) is 22.7 Å². The molecule has 0 bridgehead atoms. The largest absolute Gasteiger partial charge is 0.494 e. The molecule has 0 unspecified atom stereocenters. The summed E-state index contributed by atoms with van der Waals surface area (Å²) in [6.07, 6.45) is 1.60. The van der Waals surface area contributed by atoms with Crippen LogP contribution in [0.3, 0.4) is 0 Å². The van der Waals surface area contributed by atoms with E-state index < -0.39 is 0 Å². The maximum atomic E-state index is 13.7. The highest BCUT2D eigenvalue weighted by atomic mass is 32.2. The Morgan fingerprint density at radius 3 is 2.59 bits per heavy atom. The monoisotopic (exact) mass is 468 g/mol. The Morgan fingerprint density at radius 1 is 0.941 bits per heavy atom. The fourth-order valence-corrected chi connectivity index (χ4v) is 4.77. The number of hydrogen-bond donors (Lipinski definition) is 0. The Morgan fingerprint density at radius 2 is 1.79 bits per heavy atom. The Bertz CT molecular complexity index is 1530. The normalized spacial score (nSPS) is 11.0. The predicted molar refractivity (Wildman–Crippen MR) is 135 cm³/mol. The molecule has 0 aliphatic heterocycles. The van der Waals surface area contributed by atoms with Gasteiger partial charge in [0.15, 0.2) is 0 Å². The van der Waals surface area contributed by atoms with Crippen LogP contribution in [-0.4, -0.2) is 16.7 Å². The Balaban J connectivity index is 1.54. The molecule has 6 heteroatoms. The topological polar surface area (TPSA) is 44.1 Å². The molecule has 0 N–H and O–H groups in total. The Labute approximate surface area is 200 Å². The summed E-state index contributed by atoms with van der Waals surface area (Å²) in [5.74, 6) is 1.01. The van der Waals surface area contributed by atoms with Crippen molar-refractivity contribution < 1.29 is 9.13 Å². The van der Waals surface area contributed by atoms with Crippen LogP contribution in [0.5, 0.6) is 5.75 Å². The molecule has 0 atom stereocenters. The van der Waals surface area contributed by atoms with E-state index in [1.165, 1.54) is 17.7 Å². The van der Waals surface area contributed by atoms with Crippen molar-refractivity contribution in [3.05, 3.63) is 119 Å². The van der Waals surface area contributed by atoms with Crippen molar-refractivity contribution >= 4 is 22.7 Å². The minimum Gasteiger partial charge on any atom is -0.494 e. The summed E-state index contributed by atoms with van der Waals surface area (Å²) in [7, 11) is 1.54. The first-order valence-corrected chi connectivity index (χ1v) is 11.7. The summed E-state index contributed by atoms with van der Waals surface area (Å²) < 4.78 is 20.9. The second-order valence-corrected chi connectivity index (χ2v) is 8.80. The Kier molecular flexibility index (Phi) is 6.14. The van der Waals surface area contributed by atoms with Crippen molar-refractivity contribution in [2.24, 2.45) is 0 Å². The van der Waals surface area contributed by atoms with Gasteiger partial charge in [0.25, 0.3) is 5.56 Å². The van der Waals surface area contributed by atoms with Gasteiger partial charge in [-0.1, -0.05) is 42.5 Å². The number of nitrogens with zero attached hydrogens (tertiary/aromatic N) is 2. The predicted octanol–water partition coefficient (Wildman–Crippen LogP) is 6.49. The van der Waals surface area contributed by atoms with Crippen LogP contribution < -0.4 is 10.3 Å². The summed E-state index contributed by atoms with van der Waals surface area (Å²) in [6.45, 7) is 0. The molecular weight excluding hydrogens is 447 g/mol. The third kappa shape index (κ3) is 4.45. The lowest BCUT2D eigenvalue weighted by Crippen LogP contribution is -2.18. The van der Waals surface area contributed by atoms with E-state index in [1.54, 1.807) is 53.9 Å². The molecule has 2 aromatic heterocycles. The van der Waals surface area contributed by atoms with Gasteiger partial charge in [-0.25, -0.2) is 4.39 Å². The van der Waals surface area contributed by atoms with Crippen LogP contribution in [0.15, 0.2) is 107 Å². The van der Waals surface area contributed by atoms with Gasteiger partial charge in [-0.2, -0.15) is 0 Å². The average molecular weight is 469 g/mol. The molecule has 3 aromatic carbocycles. The fourth-order valence-electron chi connectivity index (χ4n) is 3.87. The summed E-state index contributed by atoms with van der Waals surface area (Å²) in [5, 5.41) is 0.939. The number of rotatable bonds is 6. The van der Waals surface area contributed by atoms with Crippen molar-refractivity contribution in [2.45, 2.75) is 10.6 Å². The van der Waals surface area contributed by atoms with Gasteiger partial charge in [0, 0.05) is 28.3 Å². The summed E-state index contributed by atoms with van der Waals surface area (Å²) in [6, 6.07) is 27.7. The third-order valence-electron chi connectivity index (χ3n) is 5.54. The lowest BCUT2D eigenvalue weighted by atomic mass is 10.1. The van der Waals surface area contributed by atoms with Gasteiger partial charge in [0.1, 0.15) is 17.3 Å². The molecule has 0 aliphatic carbocycles. The minimum absolute atomic E-state index is 0.184. The van der Waals surface area contributed by atoms with Crippen LogP contribution in [0, 0.1) is 5.82 Å². The van der Waals surface area contributed by atoms with Gasteiger partial charge in [0.05, 0.1) is 24.5 Å². The SMILES string of the molecule is COc1cc(-c2cccc(F)c2)ncc1-n1c(=O)ccc2cc(SCc3ccccc3)ccc21. The van der Waals surface area contributed by atoms with Crippen molar-refractivity contribution in [1.82, 2.24) is 9.55 Å². The van der Waals surface area contributed by atoms with Crippen LogP contribution >= 0.6 is 11.8 Å². The van der Waals surface area contributed by atoms with E-state index in [0.717, 1.165) is 21.6 Å². The highest BCUT2D eigenvalue weighted by molar-refractivity contribution is 7.98. The smallest absolute Gasteiger partial charge is 0.255 e. The van der Waals surface area contributed by atoms with E-state index in [1.807, 2.05) is 36.4 Å². The van der Waals surface area contributed by atoms with Gasteiger partial charge in [-0.3, -0.25) is 14.3 Å². The van der Waals surface area contributed by atoms with Crippen molar-refractivity contribution in [1.29, 1.82) is 0 Å². The molecule has 4 nitrogen and oxygen atoms in total. The molecule has 0 radical (unpaired) electrons. The maximum absolute atomic E-state index is 13.7. The third-order valence-corrected chi connectivity index (χ3v) is 6.61. The maximum Gasteiger partial charge on any atom is 0.255 e. The Hall–Kier alpha value is -3.90. The molecule has 5 rings (SSSR count). The zero-order valence-electron chi connectivity index (χ0n) is 18.4. The first kappa shape index (κ1) is 21.9. The highest BCUT2D eigenvalue weighted by Crippen LogP contribution is 2.31. The van der Waals surface area contributed by atoms with Gasteiger partial charge in [0.2, 0.25) is 0 Å². The van der Waals surface area contributed by atoms with E-state index in [-0.39, 0.29) is 11.4 Å². The fraction of sp³-hybridized carbons (Fsp3) is 0.0714. The number of methoxy groups -OCH3 is 1. The zero-order valence-corrected chi connectivity index (χ0v) is 19.3. The quantitative estimate of drug-likeness (QED) is 0.267. The van der Waals surface area contributed by atoms with Gasteiger partial charge in [-0.05, 0) is 47.3 Å². The molecule has 0 aliphatic rings. The molecule has 0 saturated heterocycles. The first-order valence-electron chi connectivity index (χ1n) is 10.8. The van der Waals surface area contributed by atoms with E-state index in [2.05, 4.69) is 23.2 Å². The van der Waals surface area contributed by atoms with Crippen molar-refractivity contribution in [2.75, 3.05) is 7.11 Å².